The van der Waals surface area contributed by atoms with Gasteiger partial charge < -0.3 is 24.4 Å². The van der Waals surface area contributed by atoms with Gasteiger partial charge in [-0.15, -0.1) is 31.5 Å². The van der Waals surface area contributed by atoms with Gasteiger partial charge in [0.2, 0.25) is 11.9 Å². The summed E-state index contributed by atoms with van der Waals surface area (Å²) in [6, 6.07) is 10.4. The second kappa shape index (κ2) is 11.5. The van der Waals surface area contributed by atoms with Gasteiger partial charge in [0.05, 0.1) is 19.8 Å². The lowest BCUT2D eigenvalue weighted by Gasteiger charge is -2.26. The highest BCUT2D eigenvalue weighted by atomic mass is 19.4. The molecule has 1 saturated heterocycles. The molecule has 0 radical (unpaired) electrons. The number of alkyl halides is 6. The molecule has 38 heavy (non-hydrogen) atoms. The van der Waals surface area contributed by atoms with Crippen molar-refractivity contribution in [2.45, 2.75) is 19.3 Å². The number of aromatic nitrogens is 3. The van der Waals surface area contributed by atoms with E-state index in [0.29, 0.717) is 32.0 Å². The smallest absolute Gasteiger partial charge is 0.406 e. The molecule has 4 rings (SSSR count). The van der Waals surface area contributed by atoms with Gasteiger partial charge in [-0.1, -0.05) is 18.2 Å². The summed E-state index contributed by atoms with van der Waals surface area (Å²) in [7, 11) is 0. The summed E-state index contributed by atoms with van der Waals surface area (Å²) in [6.45, 7) is 1.56. The summed E-state index contributed by atoms with van der Waals surface area (Å²) in [6.07, 6.45) is -9.69. The van der Waals surface area contributed by atoms with Crippen LogP contribution in [0.5, 0.6) is 11.5 Å². The van der Waals surface area contributed by atoms with E-state index in [-0.39, 0.29) is 30.0 Å². The zero-order chi connectivity index (χ0) is 27.2. The second-order valence-corrected chi connectivity index (χ2v) is 7.61. The third kappa shape index (κ3) is 8.16. The van der Waals surface area contributed by atoms with Crippen molar-refractivity contribution in [3.8, 4) is 11.5 Å². The molecule has 1 aliphatic rings. The number of morpholine rings is 1. The standard InChI is InChI=1S/C22H19F6N7O3/c23-21(24,25)37-16-7-5-15(6-8-16)30-18-31-19(33-20(32-18)35-9-11-36-12-10-35)34-29-13-14-3-1-2-4-17(14)38-22(26,27)28/h1-8H,9-13H2,(H,30,31,32,33). The quantitative estimate of drug-likeness (QED) is 0.292. The van der Waals surface area contributed by atoms with Gasteiger partial charge >= 0.3 is 12.7 Å². The molecule has 1 aromatic heterocycles. The Bertz CT molecular complexity index is 1250. The lowest BCUT2D eigenvalue weighted by Crippen LogP contribution is -2.37. The van der Waals surface area contributed by atoms with Crippen molar-refractivity contribution in [1.29, 1.82) is 0 Å². The van der Waals surface area contributed by atoms with Crippen LogP contribution in [0.4, 0.5) is 49.9 Å². The van der Waals surface area contributed by atoms with Crippen molar-refractivity contribution in [2.75, 3.05) is 36.5 Å². The third-order valence-electron chi connectivity index (χ3n) is 4.85. The summed E-state index contributed by atoms with van der Waals surface area (Å²) in [4.78, 5) is 14.5. The first kappa shape index (κ1) is 26.8. The Morgan fingerprint density at radius 3 is 2.24 bits per heavy atom. The minimum absolute atomic E-state index is 0.0146. The fourth-order valence-corrected chi connectivity index (χ4v) is 3.26. The topological polar surface area (TPSA) is 106 Å². The maximum atomic E-state index is 12.7. The van der Waals surface area contributed by atoms with Crippen LogP contribution in [-0.2, 0) is 11.3 Å². The number of halogens is 6. The molecule has 3 aromatic rings. The van der Waals surface area contributed by atoms with Crippen molar-refractivity contribution >= 4 is 23.5 Å². The van der Waals surface area contributed by atoms with Crippen molar-refractivity contribution in [3.05, 3.63) is 54.1 Å². The Morgan fingerprint density at radius 1 is 0.868 bits per heavy atom. The number of nitrogens with one attached hydrogen (secondary N) is 1. The van der Waals surface area contributed by atoms with Crippen LogP contribution in [0.1, 0.15) is 5.56 Å². The van der Waals surface area contributed by atoms with Crippen LogP contribution in [-0.4, -0.2) is 54.0 Å². The number of benzene rings is 2. The molecule has 0 atom stereocenters. The van der Waals surface area contributed by atoms with E-state index < -0.39 is 24.2 Å². The van der Waals surface area contributed by atoms with Crippen molar-refractivity contribution in [2.24, 2.45) is 10.2 Å². The molecule has 0 aliphatic carbocycles. The van der Waals surface area contributed by atoms with E-state index in [9.17, 15) is 26.3 Å². The molecule has 2 aromatic carbocycles. The summed E-state index contributed by atoms with van der Waals surface area (Å²) >= 11 is 0. The van der Waals surface area contributed by atoms with Crippen LogP contribution < -0.4 is 19.7 Å². The van der Waals surface area contributed by atoms with E-state index in [2.05, 4.69) is 40.0 Å². The first-order valence-electron chi connectivity index (χ1n) is 11.0. The molecular formula is C22H19F6N7O3. The van der Waals surface area contributed by atoms with Gasteiger partial charge in [0, 0.05) is 24.3 Å². The highest BCUT2D eigenvalue weighted by molar-refractivity contribution is 5.56. The average molecular weight is 543 g/mol. The lowest BCUT2D eigenvalue weighted by molar-refractivity contribution is -0.275. The van der Waals surface area contributed by atoms with Gasteiger partial charge in [0.25, 0.3) is 5.95 Å². The molecule has 0 spiro atoms. The molecule has 0 saturated carbocycles. The van der Waals surface area contributed by atoms with Gasteiger partial charge in [-0.3, -0.25) is 0 Å². The molecule has 0 bridgehead atoms. The zero-order valence-corrected chi connectivity index (χ0v) is 19.3. The second-order valence-electron chi connectivity index (χ2n) is 7.61. The summed E-state index contributed by atoms with van der Waals surface area (Å²) in [5, 5.41) is 10.7. The first-order valence-corrected chi connectivity index (χ1v) is 11.0. The van der Waals surface area contributed by atoms with Crippen LogP contribution in [0.25, 0.3) is 0 Å². The van der Waals surface area contributed by atoms with Crippen molar-refractivity contribution in [1.82, 2.24) is 15.0 Å². The van der Waals surface area contributed by atoms with E-state index in [1.165, 1.54) is 30.3 Å². The van der Waals surface area contributed by atoms with Gasteiger partial charge in [-0.05, 0) is 30.3 Å². The van der Waals surface area contributed by atoms with Crippen LogP contribution in [0.2, 0.25) is 0 Å². The van der Waals surface area contributed by atoms with Gasteiger partial charge in [0.1, 0.15) is 11.5 Å². The fourth-order valence-electron chi connectivity index (χ4n) is 3.26. The van der Waals surface area contributed by atoms with Crippen LogP contribution in [0, 0.1) is 0 Å². The first-order chi connectivity index (χ1) is 18.0. The van der Waals surface area contributed by atoms with Crippen molar-refractivity contribution in [3.63, 3.8) is 0 Å². The SMILES string of the molecule is FC(F)(F)Oc1ccc(Nc2nc(N=NCc3ccccc3OC(F)(F)F)nc(N3CCOCC3)n2)cc1. The lowest BCUT2D eigenvalue weighted by atomic mass is 10.2. The minimum atomic E-state index is -4.87. The Labute approximate surface area is 211 Å². The van der Waals surface area contributed by atoms with E-state index in [1.807, 2.05) is 4.90 Å². The normalized spacial score (nSPS) is 14.5. The van der Waals surface area contributed by atoms with Crippen molar-refractivity contribution < 1.29 is 40.6 Å². The molecule has 1 fully saturated rings. The Kier molecular flexibility index (Phi) is 8.09. The molecule has 0 amide bonds. The predicted molar refractivity (Wildman–Crippen MR) is 121 cm³/mol. The minimum Gasteiger partial charge on any atom is -0.406 e. The fraction of sp³-hybridized carbons (Fsp3) is 0.318. The maximum absolute atomic E-state index is 12.7. The molecule has 0 unspecified atom stereocenters. The number of hydrogen-bond donors (Lipinski definition) is 1. The molecule has 10 nitrogen and oxygen atoms in total. The molecule has 1 aliphatic heterocycles. The van der Waals surface area contributed by atoms with Gasteiger partial charge in [-0.2, -0.15) is 20.1 Å². The van der Waals surface area contributed by atoms with Gasteiger partial charge in [0.15, 0.2) is 0 Å². The summed E-state index contributed by atoms with van der Waals surface area (Å²) in [5.74, 6) is -0.713. The maximum Gasteiger partial charge on any atom is 0.573 e. The highest BCUT2D eigenvalue weighted by Crippen LogP contribution is 2.28. The number of para-hydroxylation sites is 1. The molecule has 1 N–H and O–H groups in total. The average Bonchev–Trinajstić information content (AvgIpc) is 2.85. The number of anilines is 3. The number of hydrogen-bond acceptors (Lipinski definition) is 10. The zero-order valence-electron chi connectivity index (χ0n) is 19.3. The Balaban J connectivity index is 1.54. The molecule has 16 heteroatoms. The molecule has 2 heterocycles. The largest absolute Gasteiger partial charge is 0.573 e. The number of rotatable bonds is 8. The van der Waals surface area contributed by atoms with E-state index in [0.717, 1.165) is 18.2 Å². The van der Waals surface area contributed by atoms with E-state index >= 15 is 0 Å². The monoisotopic (exact) mass is 543 g/mol. The Morgan fingerprint density at radius 2 is 1.55 bits per heavy atom. The third-order valence-corrected chi connectivity index (χ3v) is 4.85. The van der Waals surface area contributed by atoms with E-state index in [4.69, 9.17) is 4.74 Å². The van der Waals surface area contributed by atoms with Crippen LogP contribution >= 0.6 is 0 Å². The molecular weight excluding hydrogens is 524 g/mol. The van der Waals surface area contributed by atoms with Crippen LogP contribution in [0.3, 0.4) is 0 Å². The summed E-state index contributed by atoms with van der Waals surface area (Å²) in [5.41, 5.74) is 0.482. The Hall–Kier alpha value is -4.21. The van der Waals surface area contributed by atoms with Crippen LogP contribution in [0.15, 0.2) is 58.8 Å². The number of ether oxygens (including phenoxy) is 3. The summed E-state index contributed by atoms with van der Waals surface area (Å²) < 4.78 is 88.4. The van der Waals surface area contributed by atoms with Gasteiger partial charge in [-0.25, -0.2) is 0 Å². The number of azo groups is 1. The van der Waals surface area contributed by atoms with E-state index in [1.54, 1.807) is 0 Å². The number of nitrogens with zero attached hydrogens (tertiary/aromatic N) is 6. The molecule has 202 valence electrons. The predicted octanol–water partition coefficient (Wildman–Crippen LogP) is 5.53. The highest BCUT2D eigenvalue weighted by Gasteiger charge is 2.32.